The standard InChI is InChI=1S/C14H16N2O/c1-11-3-5-13(6-4-11)17-14-7-8-16-12(9-14)10-15-2/h3-9,15H,10H2,1-2H3. The van der Waals surface area contributed by atoms with Gasteiger partial charge in [0, 0.05) is 18.8 Å². The SMILES string of the molecule is CNCc1cc(Oc2ccc(C)cc2)ccn1. The summed E-state index contributed by atoms with van der Waals surface area (Å²) in [6.07, 6.45) is 1.76. The van der Waals surface area contributed by atoms with E-state index in [1.165, 1.54) is 5.56 Å². The third-order valence-corrected chi connectivity index (χ3v) is 2.40. The summed E-state index contributed by atoms with van der Waals surface area (Å²) < 4.78 is 5.75. The van der Waals surface area contributed by atoms with E-state index in [0.29, 0.717) is 0 Å². The summed E-state index contributed by atoms with van der Waals surface area (Å²) in [4.78, 5) is 4.24. The lowest BCUT2D eigenvalue weighted by Crippen LogP contribution is -2.06. The smallest absolute Gasteiger partial charge is 0.130 e. The molecule has 2 rings (SSSR count). The monoisotopic (exact) mass is 228 g/mol. The summed E-state index contributed by atoms with van der Waals surface area (Å²) in [6, 6.07) is 11.8. The van der Waals surface area contributed by atoms with Gasteiger partial charge in [-0.25, -0.2) is 0 Å². The van der Waals surface area contributed by atoms with Gasteiger partial charge in [0.2, 0.25) is 0 Å². The van der Waals surface area contributed by atoms with Crippen LogP contribution < -0.4 is 10.1 Å². The molecule has 0 aliphatic heterocycles. The number of pyridine rings is 1. The van der Waals surface area contributed by atoms with E-state index >= 15 is 0 Å². The zero-order valence-corrected chi connectivity index (χ0v) is 10.1. The van der Waals surface area contributed by atoms with Crippen molar-refractivity contribution in [1.82, 2.24) is 10.3 Å². The van der Waals surface area contributed by atoms with Crippen LogP contribution in [-0.2, 0) is 6.54 Å². The van der Waals surface area contributed by atoms with E-state index in [9.17, 15) is 0 Å². The van der Waals surface area contributed by atoms with E-state index in [0.717, 1.165) is 23.7 Å². The molecule has 0 fully saturated rings. The van der Waals surface area contributed by atoms with Gasteiger partial charge in [0.05, 0.1) is 5.69 Å². The van der Waals surface area contributed by atoms with Crippen LogP contribution in [0.2, 0.25) is 0 Å². The van der Waals surface area contributed by atoms with Crippen molar-refractivity contribution in [2.45, 2.75) is 13.5 Å². The molecule has 3 nitrogen and oxygen atoms in total. The fourth-order valence-corrected chi connectivity index (χ4v) is 1.54. The molecule has 0 aliphatic rings. The van der Waals surface area contributed by atoms with E-state index in [-0.39, 0.29) is 0 Å². The number of nitrogens with one attached hydrogen (secondary N) is 1. The molecule has 0 bridgehead atoms. The van der Waals surface area contributed by atoms with Crippen LogP contribution in [0.25, 0.3) is 0 Å². The first-order chi connectivity index (χ1) is 8.28. The summed E-state index contributed by atoms with van der Waals surface area (Å²) in [5.41, 5.74) is 2.19. The summed E-state index contributed by atoms with van der Waals surface area (Å²) in [5, 5.41) is 3.06. The Morgan fingerprint density at radius 1 is 1.12 bits per heavy atom. The third-order valence-electron chi connectivity index (χ3n) is 2.40. The Bertz CT molecular complexity index is 480. The molecule has 0 radical (unpaired) electrons. The van der Waals surface area contributed by atoms with Gasteiger partial charge in [-0.05, 0) is 32.2 Å². The molecule has 0 unspecified atom stereocenters. The molecule has 1 aromatic carbocycles. The van der Waals surface area contributed by atoms with Crippen molar-refractivity contribution in [3.63, 3.8) is 0 Å². The number of benzene rings is 1. The maximum Gasteiger partial charge on any atom is 0.130 e. The maximum atomic E-state index is 5.75. The minimum atomic E-state index is 0.741. The van der Waals surface area contributed by atoms with Crippen molar-refractivity contribution in [3.05, 3.63) is 53.9 Å². The minimum Gasteiger partial charge on any atom is -0.457 e. The Labute approximate surface area is 101 Å². The Hall–Kier alpha value is -1.87. The topological polar surface area (TPSA) is 34.1 Å². The predicted octanol–water partition coefficient (Wildman–Crippen LogP) is 2.90. The van der Waals surface area contributed by atoms with Crippen LogP contribution in [0.3, 0.4) is 0 Å². The molecular weight excluding hydrogens is 212 g/mol. The molecule has 0 spiro atoms. The second-order valence-corrected chi connectivity index (χ2v) is 3.93. The number of nitrogens with zero attached hydrogens (tertiary/aromatic N) is 1. The zero-order valence-electron chi connectivity index (χ0n) is 10.1. The van der Waals surface area contributed by atoms with Crippen LogP contribution in [0.4, 0.5) is 0 Å². The quantitative estimate of drug-likeness (QED) is 0.873. The van der Waals surface area contributed by atoms with Gasteiger partial charge in [0.1, 0.15) is 11.5 Å². The molecule has 1 heterocycles. The average Bonchev–Trinajstić information content (AvgIpc) is 2.33. The Morgan fingerprint density at radius 3 is 2.59 bits per heavy atom. The second kappa shape index (κ2) is 5.46. The van der Waals surface area contributed by atoms with E-state index in [4.69, 9.17) is 4.74 Å². The summed E-state index contributed by atoms with van der Waals surface area (Å²) in [5.74, 6) is 1.66. The van der Waals surface area contributed by atoms with Crippen molar-refractivity contribution < 1.29 is 4.74 Å². The average molecular weight is 228 g/mol. The highest BCUT2D eigenvalue weighted by atomic mass is 16.5. The maximum absolute atomic E-state index is 5.75. The van der Waals surface area contributed by atoms with Gasteiger partial charge in [0.15, 0.2) is 0 Å². The molecule has 0 aliphatic carbocycles. The Balaban J connectivity index is 2.12. The van der Waals surface area contributed by atoms with Gasteiger partial charge < -0.3 is 10.1 Å². The number of hydrogen-bond acceptors (Lipinski definition) is 3. The molecule has 0 atom stereocenters. The van der Waals surface area contributed by atoms with Crippen LogP contribution in [0.15, 0.2) is 42.6 Å². The van der Waals surface area contributed by atoms with Crippen LogP contribution in [-0.4, -0.2) is 12.0 Å². The second-order valence-electron chi connectivity index (χ2n) is 3.93. The van der Waals surface area contributed by atoms with Crippen molar-refractivity contribution >= 4 is 0 Å². The van der Waals surface area contributed by atoms with Gasteiger partial charge in [0.25, 0.3) is 0 Å². The number of ether oxygens (including phenoxy) is 1. The number of aryl methyl sites for hydroxylation is 1. The van der Waals surface area contributed by atoms with Gasteiger partial charge >= 0.3 is 0 Å². The third kappa shape index (κ3) is 3.29. The van der Waals surface area contributed by atoms with E-state index in [1.54, 1.807) is 6.20 Å². The first-order valence-corrected chi connectivity index (χ1v) is 5.62. The highest BCUT2D eigenvalue weighted by molar-refractivity contribution is 5.32. The van der Waals surface area contributed by atoms with Gasteiger partial charge in [-0.1, -0.05) is 17.7 Å². The number of hydrogen-bond donors (Lipinski definition) is 1. The summed E-state index contributed by atoms with van der Waals surface area (Å²) >= 11 is 0. The molecule has 1 N–H and O–H groups in total. The fourth-order valence-electron chi connectivity index (χ4n) is 1.54. The van der Waals surface area contributed by atoms with Gasteiger partial charge in [-0.15, -0.1) is 0 Å². The fraction of sp³-hybridized carbons (Fsp3) is 0.214. The molecule has 0 saturated heterocycles. The molecule has 17 heavy (non-hydrogen) atoms. The first kappa shape index (κ1) is 11.6. The predicted molar refractivity (Wildman–Crippen MR) is 68.3 cm³/mol. The lowest BCUT2D eigenvalue weighted by Gasteiger charge is -2.07. The Morgan fingerprint density at radius 2 is 1.88 bits per heavy atom. The van der Waals surface area contributed by atoms with E-state index in [2.05, 4.69) is 17.2 Å². The van der Waals surface area contributed by atoms with E-state index in [1.807, 2.05) is 43.4 Å². The molecule has 3 heteroatoms. The van der Waals surface area contributed by atoms with E-state index < -0.39 is 0 Å². The number of aromatic nitrogens is 1. The normalized spacial score (nSPS) is 10.2. The lowest BCUT2D eigenvalue weighted by atomic mass is 10.2. The molecule has 0 saturated carbocycles. The van der Waals surface area contributed by atoms with Crippen molar-refractivity contribution in [1.29, 1.82) is 0 Å². The molecule has 1 aromatic heterocycles. The van der Waals surface area contributed by atoms with Gasteiger partial charge in [-0.3, -0.25) is 4.98 Å². The largest absolute Gasteiger partial charge is 0.457 e. The van der Waals surface area contributed by atoms with Crippen LogP contribution in [0, 0.1) is 6.92 Å². The van der Waals surface area contributed by atoms with Crippen molar-refractivity contribution in [3.8, 4) is 11.5 Å². The van der Waals surface area contributed by atoms with Crippen molar-refractivity contribution in [2.75, 3.05) is 7.05 Å². The number of rotatable bonds is 4. The highest BCUT2D eigenvalue weighted by Crippen LogP contribution is 2.21. The van der Waals surface area contributed by atoms with Crippen molar-refractivity contribution in [2.24, 2.45) is 0 Å². The molecule has 0 amide bonds. The molecule has 2 aromatic rings. The minimum absolute atomic E-state index is 0.741. The summed E-state index contributed by atoms with van der Waals surface area (Å²) in [7, 11) is 1.90. The zero-order chi connectivity index (χ0) is 12.1. The summed E-state index contributed by atoms with van der Waals surface area (Å²) in [6.45, 7) is 2.80. The molecular formula is C14H16N2O. The molecule has 88 valence electrons. The van der Waals surface area contributed by atoms with Gasteiger partial charge in [-0.2, -0.15) is 0 Å². The highest BCUT2D eigenvalue weighted by Gasteiger charge is 1.99. The Kier molecular flexibility index (Phi) is 3.73. The van der Waals surface area contributed by atoms with Crippen LogP contribution in [0.1, 0.15) is 11.3 Å². The van der Waals surface area contributed by atoms with Crippen LogP contribution >= 0.6 is 0 Å². The first-order valence-electron chi connectivity index (χ1n) is 5.62. The lowest BCUT2D eigenvalue weighted by molar-refractivity contribution is 0.480. The van der Waals surface area contributed by atoms with Crippen LogP contribution in [0.5, 0.6) is 11.5 Å².